The molecule has 0 spiro atoms. The van der Waals surface area contributed by atoms with Crippen molar-refractivity contribution in [2.45, 2.75) is 25.7 Å². The second kappa shape index (κ2) is 4.61. The van der Waals surface area contributed by atoms with Gasteiger partial charge in [0.15, 0.2) is 0 Å². The van der Waals surface area contributed by atoms with Crippen LogP contribution in [0.4, 0.5) is 15.8 Å². The summed E-state index contributed by atoms with van der Waals surface area (Å²) in [5.74, 6) is 2.08. The molecule has 0 heterocycles. The quantitative estimate of drug-likeness (QED) is 0.795. The van der Waals surface area contributed by atoms with E-state index in [0.717, 1.165) is 24.3 Å². The molecule has 1 aromatic carbocycles. The second-order valence-corrected chi connectivity index (χ2v) is 5.98. The van der Waals surface area contributed by atoms with Crippen molar-refractivity contribution in [2.24, 2.45) is 17.8 Å². The summed E-state index contributed by atoms with van der Waals surface area (Å²) in [7, 11) is 0. The van der Waals surface area contributed by atoms with Crippen LogP contribution in [-0.2, 0) is 0 Å². The van der Waals surface area contributed by atoms with E-state index in [9.17, 15) is 4.39 Å². The molecule has 0 bridgehead atoms. The molecule has 0 aromatic heterocycles. The minimum absolute atomic E-state index is 0.0824. The molecular formula is C14H18ClFN2. The fourth-order valence-electron chi connectivity index (χ4n) is 2.71. The standard InChI is InChI=1S/C14H18ClFN2/c15-11-5-13(17)14(6-12(11)16)18-7-10(8-1-2-8)9-3-4-9/h5-6,8-10,18H,1-4,7,17H2. The number of rotatable bonds is 5. The van der Waals surface area contributed by atoms with Crippen LogP contribution in [0.3, 0.4) is 0 Å². The highest BCUT2D eigenvalue weighted by atomic mass is 35.5. The van der Waals surface area contributed by atoms with Crippen LogP contribution in [0.5, 0.6) is 0 Å². The van der Waals surface area contributed by atoms with Gasteiger partial charge in [-0.1, -0.05) is 11.6 Å². The smallest absolute Gasteiger partial charge is 0.143 e. The molecule has 18 heavy (non-hydrogen) atoms. The van der Waals surface area contributed by atoms with E-state index in [-0.39, 0.29) is 5.02 Å². The van der Waals surface area contributed by atoms with Crippen molar-refractivity contribution in [3.8, 4) is 0 Å². The maximum absolute atomic E-state index is 13.4. The molecule has 0 amide bonds. The van der Waals surface area contributed by atoms with Crippen molar-refractivity contribution in [3.05, 3.63) is 23.0 Å². The van der Waals surface area contributed by atoms with Crippen LogP contribution in [-0.4, -0.2) is 6.54 Å². The first-order chi connectivity index (χ1) is 8.65. The number of nitrogens with one attached hydrogen (secondary N) is 1. The van der Waals surface area contributed by atoms with E-state index in [1.807, 2.05) is 0 Å². The van der Waals surface area contributed by atoms with E-state index in [1.165, 1.54) is 37.8 Å². The first-order valence-electron chi connectivity index (χ1n) is 6.63. The predicted octanol–water partition coefficient (Wildman–Crippen LogP) is 3.91. The summed E-state index contributed by atoms with van der Waals surface area (Å²) < 4.78 is 13.4. The zero-order chi connectivity index (χ0) is 12.7. The van der Waals surface area contributed by atoms with E-state index >= 15 is 0 Å². The van der Waals surface area contributed by atoms with Crippen molar-refractivity contribution in [3.63, 3.8) is 0 Å². The van der Waals surface area contributed by atoms with Gasteiger partial charge in [-0.15, -0.1) is 0 Å². The van der Waals surface area contributed by atoms with Crippen LogP contribution in [0, 0.1) is 23.6 Å². The molecule has 0 radical (unpaired) electrons. The highest BCUT2D eigenvalue weighted by Crippen LogP contribution is 2.49. The minimum Gasteiger partial charge on any atom is -0.397 e. The maximum Gasteiger partial charge on any atom is 0.143 e. The van der Waals surface area contributed by atoms with Gasteiger partial charge in [0, 0.05) is 12.6 Å². The van der Waals surface area contributed by atoms with Crippen LogP contribution in [0.1, 0.15) is 25.7 Å². The number of nitrogens with two attached hydrogens (primary N) is 1. The van der Waals surface area contributed by atoms with Crippen LogP contribution >= 0.6 is 11.6 Å². The lowest BCUT2D eigenvalue weighted by Crippen LogP contribution is -2.18. The second-order valence-electron chi connectivity index (χ2n) is 5.57. The van der Waals surface area contributed by atoms with Crippen LogP contribution < -0.4 is 11.1 Å². The van der Waals surface area contributed by atoms with Gasteiger partial charge in [0.2, 0.25) is 0 Å². The number of halogens is 2. The largest absolute Gasteiger partial charge is 0.397 e. The van der Waals surface area contributed by atoms with E-state index in [1.54, 1.807) is 0 Å². The minimum atomic E-state index is -0.414. The number of benzene rings is 1. The predicted molar refractivity (Wildman–Crippen MR) is 73.3 cm³/mol. The van der Waals surface area contributed by atoms with Gasteiger partial charge >= 0.3 is 0 Å². The molecule has 2 saturated carbocycles. The molecule has 2 fully saturated rings. The Morgan fingerprint density at radius 3 is 2.44 bits per heavy atom. The van der Waals surface area contributed by atoms with Crippen LogP contribution in [0.15, 0.2) is 12.1 Å². The summed E-state index contributed by atoms with van der Waals surface area (Å²) in [5.41, 5.74) is 7.04. The summed E-state index contributed by atoms with van der Waals surface area (Å²) in [6.45, 7) is 0.903. The zero-order valence-electron chi connectivity index (χ0n) is 10.3. The van der Waals surface area contributed by atoms with Crippen molar-refractivity contribution in [1.82, 2.24) is 0 Å². The third kappa shape index (κ3) is 2.56. The highest BCUT2D eigenvalue weighted by molar-refractivity contribution is 6.31. The maximum atomic E-state index is 13.4. The molecule has 3 N–H and O–H groups in total. The Morgan fingerprint density at radius 2 is 1.89 bits per heavy atom. The van der Waals surface area contributed by atoms with E-state index in [2.05, 4.69) is 5.32 Å². The summed E-state index contributed by atoms with van der Waals surface area (Å²) in [5, 5.41) is 3.38. The Kier molecular flexibility index (Phi) is 3.10. The van der Waals surface area contributed by atoms with Crippen molar-refractivity contribution in [2.75, 3.05) is 17.6 Å². The molecule has 0 saturated heterocycles. The normalized spacial score (nSPS) is 19.3. The van der Waals surface area contributed by atoms with Crippen LogP contribution in [0.25, 0.3) is 0 Å². The number of anilines is 2. The molecule has 2 aliphatic carbocycles. The van der Waals surface area contributed by atoms with Gasteiger partial charge in [0.25, 0.3) is 0 Å². The van der Waals surface area contributed by atoms with Crippen molar-refractivity contribution < 1.29 is 4.39 Å². The Morgan fingerprint density at radius 1 is 1.28 bits per heavy atom. The van der Waals surface area contributed by atoms with Gasteiger partial charge < -0.3 is 11.1 Å². The van der Waals surface area contributed by atoms with Gasteiger partial charge in [0.05, 0.1) is 16.4 Å². The summed E-state index contributed by atoms with van der Waals surface area (Å²) in [6.07, 6.45) is 5.42. The van der Waals surface area contributed by atoms with Gasteiger partial charge in [-0.25, -0.2) is 4.39 Å². The molecular weight excluding hydrogens is 251 g/mol. The number of hydrogen-bond donors (Lipinski definition) is 2. The fraction of sp³-hybridized carbons (Fsp3) is 0.571. The van der Waals surface area contributed by atoms with Gasteiger partial charge in [-0.3, -0.25) is 0 Å². The van der Waals surface area contributed by atoms with Gasteiger partial charge in [0.1, 0.15) is 5.82 Å². The van der Waals surface area contributed by atoms with Crippen LogP contribution in [0.2, 0.25) is 5.02 Å². The third-order valence-corrected chi connectivity index (χ3v) is 4.37. The Balaban J connectivity index is 1.66. The first kappa shape index (κ1) is 12.1. The SMILES string of the molecule is Nc1cc(Cl)c(F)cc1NCC(C1CC1)C1CC1. The molecule has 4 heteroatoms. The first-order valence-corrected chi connectivity index (χ1v) is 7.01. The average molecular weight is 269 g/mol. The summed E-state index contributed by atoms with van der Waals surface area (Å²) in [6, 6.07) is 2.87. The fourth-order valence-corrected chi connectivity index (χ4v) is 2.88. The van der Waals surface area contributed by atoms with E-state index in [0.29, 0.717) is 11.4 Å². The number of nitrogen functional groups attached to an aromatic ring is 1. The molecule has 3 rings (SSSR count). The molecule has 1 aromatic rings. The molecule has 98 valence electrons. The van der Waals surface area contributed by atoms with Gasteiger partial charge in [-0.2, -0.15) is 0 Å². The Labute approximate surface area is 112 Å². The topological polar surface area (TPSA) is 38.0 Å². The van der Waals surface area contributed by atoms with Crippen molar-refractivity contribution in [1.29, 1.82) is 0 Å². The van der Waals surface area contributed by atoms with E-state index in [4.69, 9.17) is 17.3 Å². The third-order valence-electron chi connectivity index (χ3n) is 4.08. The lowest BCUT2D eigenvalue weighted by Gasteiger charge is -2.18. The highest BCUT2D eigenvalue weighted by Gasteiger charge is 2.41. The zero-order valence-corrected chi connectivity index (χ0v) is 11.0. The van der Waals surface area contributed by atoms with Gasteiger partial charge in [-0.05, 0) is 49.5 Å². The molecule has 0 atom stereocenters. The molecule has 2 aliphatic rings. The molecule has 0 unspecified atom stereocenters. The average Bonchev–Trinajstić information content (AvgIpc) is 3.17. The Bertz CT molecular complexity index is 443. The summed E-state index contributed by atoms with van der Waals surface area (Å²) in [4.78, 5) is 0. The number of hydrogen-bond acceptors (Lipinski definition) is 2. The summed E-state index contributed by atoms with van der Waals surface area (Å²) >= 11 is 5.69. The lowest BCUT2D eigenvalue weighted by molar-refractivity contribution is 0.428. The molecule has 0 aliphatic heterocycles. The lowest BCUT2D eigenvalue weighted by atomic mass is 9.98. The molecule has 2 nitrogen and oxygen atoms in total. The van der Waals surface area contributed by atoms with E-state index < -0.39 is 5.82 Å². The van der Waals surface area contributed by atoms with Crippen molar-refractivity contribution >= 4 is 23.0 Å². The monoisotopic (exact) mass is 268 g/mol. The Hall–Kier alpha value is -0.960.